The van der Waals surface area contributed by atoms with E-state index in [1.807, 2.05) is 6.07 Å². The molecule has 1 saturated heterocycles. The maximum absolute atomic E-state index is 12.3. The number of furan rings is 1. The number of rotatable bonds is 11. The van der Waals surface area contributed by atoms with Crippen LogP contribution >= 0.6 is 12.2 Å². The van der Waals surface area contributed by atoms with Gasteiger partial charge in [0.05, 0.1) is 12.6 Å². The van der Waals surface area contributed by atoms with Crippen molar-refractivity contribution in [3.63, 3.8) is 0 Å². The molecule has 1 atom stereocenters. The van der Waals surface area contributed by atoms with Crippen molar-refractivity contribution in [3.05, 3.63) is 23.7 Å². The van der Waals surface area contributed by atoms with Crippen LogP contribution in [0.4, 0.5) is 0 Å². The molecule has 0 aliphatic carbocycles. The molecule has 2 rings (SSSR count). The molecule has 1 unspecified atom stereocenters. The summed E-state index contributed by atoms with van der Waals surface area (Å²) in [6.45, 7) is 8.65. The number of amides is 1. The van der Waals surface area contributed by atoms with Gasteiger partial charge in [-0.15, -0.1) is 0 Å². The molecule has 158 valence electrons. The van der Waals surface area contributed by atoms with E-state index in [-0.39, 0.29) is 17.8 Å². The average Bonchev–Trinajstić information content (AvgIpc) is 3.38. The normalized spacial score (nSPS) is 16.3. The van der Waals surface area contributed by atoms with Crippen molar-refractivity contribution in [1.82, 2.24) is 21.1 Å². The zero-order chi connectivity index (χ0) is 20.2. The Balaban J connectivity index is 1.74. The standard InChI is InChI=1S/C20H34N4O3S/c1-3-5-11-24(12-6-4-2)15-17-9-10-18(27-17)19(25)22-23-20(28)21-14-16-8-7-13-26-16/h9-10,16H,3-8,11-15H2,1-2H3,(H,22,25)(H2,21,23,28). The van der Waals surface area contributed by atoms with Crippen molar-refractivity contribution in [1.29, 1.82) is 0 Å². The molecular weight excluding hydrogens is 376 g/mol. The summed E-state index contributed by atoms with van der Waals surface area (Å²) in [6, 6.07) is 3.57. The van der Waals surface area contributed by atoms with Gasteiger partial charge in [-0.2, -0.15) is 0 Å². The van der Waals surface area contributed by atoms with E-state index < -0.39 is 0 Å². The van der Waals surface area contributed by atoms with Crippen molar-refractivity contribution in [3.8, 4) is 0 Å². The van der Waals surface area contributed by atoms with E-state index in [4.69, 9.17) is 21.4 Å². The molecule has 1 fully saturated rings. The first-order valence-corrected chi connectivity index (χ1v) is 10.8. The van der Waals surface area contributed by atoms with E-state index in [1.54, 1.807) is 6.07 Å². The fourth-order valence-electron chi connectivity index (χ4n) is 3.07. The lowest BCUT2D eigenvalue weighted by Crippen LogP contribution is -2.48. The van der Waals surface area contributed by atoms with Gasteiger partial charge < -0.3 is 14.5 Å². The topological polar surface area (TPSA) is 78.8 Å². The van der Waals surface area contributed by atoms with Crippen molar-refractivity contribution in [2.75, 3.05) is 26.2 Å². The van der Waals surface area contributed by atoms with Gasteiger partial charge in [0.25, 0.3) is 0 Å². The Bertz CT molecular complexity index is 594. The van der Waals surface area contributed by atoms with Gasteiger partial charge >= 0.3 is 5.91 Å². The van der Waals surface area contributed by atoms with Gasteiger partial charge in [-0.3, -0.25) is 20.5 Å². The summed E-state index contributed by atoms with van der Waals surface area (Å²) in [5.41, 5.74) is 5.27. The molecule has 2 heterocycles. The van der Waals surface area contributed by atoms with E-state index in [0.29, 0.717) is 11.7 Å². The Morgan fingerprint density at radius 2 is 1.96 bits per heavy atom. The molecule has 3 N–H and O–H groups in total. The summed E-state index contributed by atoms with van der Waals surface area (Å²) in [4.78, 5) is 14.6. The number of unbranched alkanes of at least 4 members (excludes halogenated alkanes) is 2. The van der Waals surface area contributed by atoms with Crippen molar-refractivity contribution < 1.29 is 13.9 Å². The van der Waals surface area contributed by atoms with Crippen molar-refractivity contribution in [2.24, 2.45) is 0 Å². The number of ether oxygens (including phenoxy) is 1. The van der Waals surface area contributed by atoms with Crippen LogP contribution in [0.3, 0.4) is 0 Å². The Labute approximate surface area is 173 Å². The zero-order valence-electron chi connectivity index (χ0n) is 17.1. The number of carbonyl (C=O) groups is 1. The lowest BCUT2D eigenvalue weighted by atomic mass is 10.2. The first-order valence-electron chi connectivity index (χ1n) is 10.4. The maximum atomic E-state index is 12.3. The van der Waals surface area contributed by atoms with E-state index >= 15 is 0 Å². The summed E-state index contributed by atoms with van der Waals surface area (Å²) in [5.74, 6) is 0.730. The third-order valence-electron chi connectivity index (χ3n) is 4.72. The number of nitrogens with zero attached hydrogens (tertiary/aromatic N) is 1. The summed E-state index contributed by atoms with van der Waals surface area (Å²) in [5, 5.41) is 3.41. The Hall–Kier alpha value is -1.64. The highest BCUT2D eigenvalue weighted by Gasteiger charge is 2.16. The Kier molecular flexibility index (Phi) is 10.3. The highest BCUT2D eigenvalue weighted by Crippen LogP contribution is 2.12. The van der Waals surface area contributed by atoms with Crippen LogP contribution in [0.1, 0.15) is 68.7 Å². The van der Waals surface area contributed by atoms with E-state index in [0.717, 1.165) is 57.7 Å². The van der Waals surface area contributed by atoms with E-state index in [1.165, 1.54) is 12.8 Å². The monoisotopic (exact) mass is 410 g/mol. The zero-order valence-corrected chi connectivity index (χ0v) is 17.9. The third-order valence-corrected chi connectivity index (χ3v) is 4.97. The molecule has 8 heteroatoms. The minimum atomic E-state index is -0.346. The van der Waals surface area contributed by atoms with Crippen LogP contribution < -0.4 is 16.2 Å². The molecule has 1 aromatic rings. The summed E-state index contributed by atoms with van der Waals surface area (Å²) in [7, 11) is 0. The highest BCUT2D eigenvalue weighted by molar-refractivity contribution is 7.80. The van der Waals surface area contributed by atoms with Gasteiger partial charge in [0.2, 0.25) is 0 Å². The minimum absolute atomic E-state index is 0.187. The van der Waals surface area contributed by atoms with Gasteiger partial charge in [0, 0.05) is 13.2 Å². The van der Waals surface area contributed by atoms with Gasteiger partial charge in [-0.25, -0.2) is 0 Å². The molecule has 7 nitrogen and oxygen atoms in total. The molecular formula is C20H34N4O3S. The Morgan fingerprint density at radius 1 is 1.21 bits per heavy atom. The quantitative estimate of drug-likeness (QED) is 0.382. The molecule has 0 saturated carbocycles. The van der Waals surface area contributed by atoms with Gasteiger partial charge in [-0.05, 0) is 63.1 Å². The molecule has 1 aliphatic rings. The summed E-state index contributed by atoms with van der Waals surface area (Å²) < 4.78 is 11.3. The second-order valence-corrected chi connectivity index (χ2v) is 7.58. The third kappa shape index (κ3) is 8.16. The van der Waals surface area contributed by atoms with E-state index in [2.05, 4.69) is 34.9 Å². The number of hydrogen-bond acceptors (Lipinski definition) is 5. The number of hydrazine groups is 1. The number of hydrogen-bond donors (Lipinski definition) is 3. The first-order chi connectivity index (χ1) is 13.6. The van der Waals surface area contributed by atoms with Gasteiger partial charge in [-0.1, -0.05) is 26.7 Å². The van der Waals surface area contributed by atoms with Gasteiger partial charge in [0.15, 0.2) is 10.9 Å². The minimum Gasteiger partial charge on any atom is -0.454 e. The number of thiocarbonyl (C=S) groups is 1. The molecule has 1 aliphatic heterocycles. The van der Waals surface area contributed by atoms with Crippen LogP contribution in [0, 0.1) is 0 Å². The first kappa shape index (κ1) is 22.6. The van der Waals surface area contributed by atoms with Crippen LogP contribution in [0.25, 0.3) is 0 Å². The number of carbonyl (C=O) groups excluding carboxylic acids is 1. The molecule has 28 heavy (non-hydrogen) atoms. The van der Waals surface area contributed by atoms with Crippen LogP contribution in [-0.2, 0) is 11.3 Å². The fraction of sp³-hybridized carbons (Fsp3) is 0.700. The lowest BCUT2D eigenvalue weighted by Gasteiger charge is -2.20. The molecule has 0 spiro atoms. The van der Waals surface area contributed by atoms with Crippen LogP contribution in [0.5, 0.6) is 0 Å². The lowest BCUT2D eigenvalue weighted by molar-refractivity contribution is 0.0911. The smallest absolute Gasteiger partial charge is 0.305 e. The van der Waals surface area contributed by atoms with E-state index in [9.17, 15) is 4.79 Å². The Morgan fingerprint density at radius 3 is 2.61 bits per heavy atom. The summed E-state index contributed by atoms with van der Waals surface area (Å²) >= 11 is 5.17. The maximum Gasteiger partial charge on any atom is 0.305 e. The number of nitrogens with one attached hydrogen (secondary N) is 3. The molecule has 1 amide bonds. The highest BCUT2D eigenvalue weighted by atomic mass is 32.1. The van der Waals surface area contributed by atoms with Gasteiger partial charge in [0.1, 0.15) is 5.76 Å². The second-order valence-electron chi connectivity index (χ2n) is 7.17. The van der Waals surface area contributed by atoms with Crippen LogP contribution in [0.15, 0.2) is 16.5 Å². The van der Waals surface area contributed by atoms with Crippen LogP contribution in [0.2, 0.25) is 0 Å². The molecule has 0 radical (unpaired) electrons. The predicted octanol–water partition coefficient (Wildman–Crippen LogP) is 2.97. The SMILES string of the molecule is CCCCN(CCCC)Cc1ccc(C(=O)NNC(=S)NCC2CCCO2)o1. The average molecular weight is 411 g/mol. The molecule has 0 bridgehead atoms. The molecule has 0 aromatic carbocycles. The van der Waals surface area contributed by atoms with Crippen molar-refractivity contribution >= 4 is 23.2 Å². The van der Waals surface area contributed by atoms with Crippen LogP contribution in [-0.4, -0.2) is 48.3 Å². The second kappa shape index (κ2) is 12.7. The summed E-state index contributed by atoms with van der Waals surface area (Å²) in [6.07, 6.45) is 6.97. The predicted molar refractivity (Wildman–Crippen MR) is 114 cm³/mol. The van der Waals surface area contributed by atoms with Crippen molar-refractivity contribution in [2.45, 2.75) is 65.0 Å². The fourth-order valence-corrected chi connectivity index (χ4v) is 3.20. The molecule has 1 aromatic heterocycles. The largest absolute Gasteiger partial charge is 0.454 e.